The predicted octanol–water partition coefficient (Wildman–Crippen LogP) is 2.69. The molecule has 8 heteroatoms. The minimum atomic E-state index is -5.76. The topological polar surface area (TPSA) is 38.8 Å². The summed E-state index contributed by atoms with van der Waals surface area (Å²) in [5, 5.41) is 0. The molecule has 0 spiro atoms. The van der Waals surface area contributed by atoms with Crippen molar-refractivity contribution >= 4 is 5.97 Å². The van der Waals surface area contributed by atoms with Crippen molar-refractivity contribution < 1.29 is 36.2 Å². The minimum Gasteiger partial charge on any atom is -0.459 e. The van der Waals surface area contributed by atoms with Gasteiger partial charge in [-0.05, 0) is 5.56 Å². The Kier molecular flexibility index (Phi) is 3.68. The Morgan fingerprint density at radius 2 is 1.75 bits per heavy atom. The van der Waals surface area contributed by atoms with Gasteiger partial charge in [0, 0.05) is 0 Å². The number of halogens is 5. The number of epoxide rings is 1. The Morgan fingerprint density at radius 3 is 2.30 bits per heavy atom. The third-order valence-corrected chi connectivity index (χ3v) is 2.68. The summed E-state index contributed by atoms with van der Waals surface area (Å²) in [5.74, 6) is -6.30. The van der Waals surface area contributed by atoms with E-state index in [-0.39, 0.29) is 6.61 Å². The summed E-state index contributed by atoms with van der Waals surface area (Å²) in [6.45, 7) is -0.218. The lowest BCUT2D eigenvalue weighted by Gasteiger charge is -2.16. The quantitative estimate of drug-likeness (QED) is 0.487. The lowest BCUT2D eigenvalue weighted by atomic mass is 10.2. The Labute approximate surface area is 110 Å². The van der Waals surface area contributed by atoms with Gasteiger partial charge in [0.05, 0.1) is 0 Å². The number of hydrogen-bond acceptors (Lipinski definition) is 3. The highest BCUT2D eigenvalue weighted by molar-refractivity contribution is 5.78. The maximum absolute atomic E-state index is 12.8. The van der Waals surface area contributed by atoms with Crippen molar-refractivity contribution in [1.29, 1.82) is 0 Å². The van der Waals surface area contributed by atoms with Crippen molar-refractivity contribution in [2.75, 3.05) is 0 Å². The normalized spacial score (nSPS) is 22.4. The van der Waals surface area contributed by atoms with Gasteiger partial charge < -0.3 is 9.47 Å². The van der Waals surface area contributed by atoms with Gasteiger partial charge in [0.2, 0.25) is 0 Å². The van der Waals surface area contributed by atoms with E-state index < -0.39 is 30.3 Å². The van der Waals surface area contributed by atoms with Crippen LogP contribution in [0.15, 0.2) is 30.3 Å². The number of esters is 1. The van der Waals surface area contributed by atoms with Gasteiger partial charge in [-0.3, -0.25) is 0 Å². The molecule has 2 unspecified atom stereocenters. The zero-order chi connectivity index (χ0) is 15.0. The molecule has 1 aliphatic rings. The van der Waals surface area contributed by atoms with Crippen LogP contribution >= 0.6 is 0 Å². The van der Waals surface area contributed by atoms with Crippen LogP contribution in [0.2, 0.25) is 0 Å². The van der Waals surface area contributed by atoms with E-state index in [1.807, 2.05) is 0 Å². The van der Waals surface area contributed by atoms with E-state index in [4.69, 9.17) is 0 Å². The van der Waals surface area contributed by atoms with Crippen LogP contribution in [-0.4, -0.2) is 30.3 Å². The molecule has 1 aromatic rings. The average Bonchev–Trinajstić information content (AvgIpc) is 3.16. The zero-order valence-electron chi connectivity index (χ0n) is 9.86. The van der Waals surface area contributed by atoms with Crippen LogP contribution in [0.3, 0.4) is 0 Å². The van der Waals surface area contributed by atoms with E-state index >= 15 is 0 Å². The molecule has 0 saturated carbocycles. The van der Waals surface area contributed by atoms with Crippen molar-refractivity contribution in [3.05, 3.63) is 35.9 Å². The van der Waals surface area contributed by atoms with Gasteiger partial charge >= 0.3 is 18.1 Å². The van der Waals surface area contributed by atoms with E-state index in [0.717, 1.165) is 0 Å². The van der Waals surface area contributed by atoms with E-state index in [0.29, 0.717) is 5.56 Å². The molecule has 2 rings (SSSR count). The van der Waals surface area contributed by atoms with Crippen molar-refractivity contribution in [1.82, 2.24) is 0 Å². The first-order chi connectivity index (χ1) is 9.23. The zero-order valence-corrected chi connectivity index (χ0v) is 9.86. The average molecular weight is 296 g/mol. The van der Waals surface area contributed by atoms with Gasteiger partial charge in [0.15, 0.2) is 12.2 Å². The SMILES string of the molecule is O=C(OCc1ccccc1)C1OC1C(F)(F)C(F)(F)F. The molecule has 0 N–H and O–H groups in total. The summed E-state index contributed by atoms with van der Waals surface area (Å²) in [5.41, 5.74) is 0.584. The van der Waals surface area contributed by atoms with Crippen LogP contribution in [-0.2, 0) is 20.9 Å². The second-order valence-corrected chi connectivity index (χ2v) is 4.19. The van der Waals surface area contributed by atoms with Crippen molar-refractivity contribution in [3.8, 4) is 0 Å². The monoisotopic (exact) mass is 296 g/mol. The molecule has 0 bridgehead atoms. The smallest absolute Gasteiger partial charge is 0.456 e. The molecule has 1 fully saturated rings. The molecule has 1 saturated heterocycles. The van der Waals surface area contributed by atoms with Crippen molar-refractivity contribution in [3.63, 3.8) is 0 Å². The molecular weight excluding hydrogens is 287 g/mol. The number of benzene rings is 1. The van der Waals surface area contributed by atoms with Crippen molar-refractivity contribution in [2.45, 2.75) is 30.9 Å². The highest BCUT2D eigenvalue weighted by Gasteiger charge is 2.73. The first-order valence-electron chi connectivity index (χ1n) is 5.54. The summed E-state index contributed by atoms with van der Waals surface area (Å²) < 4.78 is 70.5. The second-order valence-electron chi connectivity index (χ2n) is 4.19. The molecule has 20 heavy (non-hydrogen) atoms. The number of hydrogen-bond donors (Lipinski definition) is 0. The third-order valence-electron chi connectivity index (χ3n) is 2.68. The minimum absolute atomic E-state index is 0.218. The highest BCUT2D eigenvalue weighted by Crippen LogP contribution is 2.47. The fourth-order valence-corrected chi connectivity index (χ4v) is 1.54. The largest absolute Gasteiger partial charge is 0.459 e. The number of carbonyl (C=O) groups excluding carboxylic acids is 1. The Hall–Kier alpha value is -1.70. The summed E-state index contributed by atoms with van der Waals surface area (Å²) in [4.78, 5) is 11.3. The van der Waals surface area contributed by atoms with Crippen LogP contribution in [0.5, 0.6) is 0 Å². The van der Waals surface area contributed by atoms with Gasteiger partial charge in [-0.2, -0.15) is 22.0 Å². The standard InChI is InChI=1S/C12H9F5O3/c13-11(14,12(15,16)17)9-8(20-9)10(18)19-6-7-4-2-1-3-5-7/h1-5,8-9H,6H2. The van der Waals surface area contributed by atoms with Crippen LogP contribution < -0.4 is 0 Å². The Balaban J connectivity index is 1.88. The summed E-state index contributed by atoms with van der Waals surface area (Å²) in [7, 11) is 0. The maximum Gasteiger partial charge on any atom is 0.456 e. The van der Waals surface area contributed by atoms with Crippen LogP contribution in [0.1, 0.15) is 5.56 Å². The maximum atomic E-state index is 12.8. The molecule has 0 aliphatic carbocycles. The Morgan fingerprint density at radius 1 is 1.15 bits per heavy atom. The first-order valence-corrected chi connectivity index (χ1v) is 5.54. The van der Waals surface area contributed by atoms with Gasteiger partial charge in [-0.25, -0.2) is 4.79 Å². The van der Waals surface area contributed by atoms with E-state index in [9.17, 15) is 26.7 Å². The molecule has 0 amide bonds. The van der Waals surface area contributed by atoms with Gasteiger partial charge in [0.25, 0.3) is 0 Å². The number of carbonyl (C=O) groups is 1. The fourth-order valence-electron chi connectivity index (χ4n) is 1.54. The van der Waals surface area contributed by atoms with Gasteiger partial charge in [-0.15, -0.1) is 0 Å². The summed E-state index contributed by atoms with van der Waals surface area (Å²) >= 11 is 0. The summed E-state index contributed by atoms with van der Waals surface area (Å²) in [6, 6.07) is 8.27. The van der Waals surface area contributed by atoms with Crippen LogP contribution in [0.4, 0.5) is 22.0 Å². The molecule has 0 radical (unpaired) electrons. The van der Waals surface area contributed by atoms with E-state index in [1.165, 1.54) is 0 Å². The summed E-state index contributed by atoms with van der Waals surface area (Å²) in [6.07, 6.45) is -10.1. The first kappa shape index (κ1) is 14.7. The van der Waals surface area contributed by atoms with E-state index in [2.05, 4.69) is 9.47 Å². The predicted molar refractivity (Wildman–Crippen MR) is 55.9 cm³/mol. The number of rotatable bonds is 4. The van der Waals surface area contributed by atoms with E-state index in [1.54, 1.807) is 30.3 Å². The molecule has 1 aliphatic heterocycles. The highest BCUT2D eigenvalue weighted by atomic mass is 19.4. The molecule has 0 aromatic heterocycles. The molecule has 1 heterocycles. The van der Waals surface area contributed by atoms with Crippen LogP contribution in [0, 0.1) is 0 Å². The molecule has 1 aromatic carbocycles. The second kappa shape index (κ2) is 5.01. The van der Waals surface area contributed by atoms with Crippen LogP contribution in [0.25, 0.3) is 0 Å². The van der Waals surface area contributed by atoms with Gasteiger partial charge in [0.1, 0.15) is 6.61 Å². The third kappa shape index (κ3) is 2.90. The lowest BCUT2D eigenvalue weighted by molar-refractivity contribution is -0.288. The number of alkyl halides is 5. The number of ether oxygens (including phenoxy) is 2. The fraction of sp³-hybridized carbons (Fsp3) is 0.417. The molecule has 3 nitrogen and oxygen atoms in total. The Bertz CT molecular complexity index is 486. The van der Waals surface area contributed by atoms with Gasteiger partial charge in [-0.1, -0.05) is 30.3 Å². The molecule has 2 atom stereocenters. The molecular formula is C12H9F5O3. The molecule has 110 valence electrons. The lowest BCUT2D eigenvalue weighted by Crippen LogP contribution is -2.43. The van der Waals surface area contributed by atoms with Crippen molar-refractivity contribution in [2.24, 2.45) is 0 Å².